The fraction of sp³-hybridized carbons (Fsp3) is 0.778. The number of carbonyl (C=O) groups is 4. The highest BCUT2D eigenvalue weighted by atomic mass is 16.4. The maximum atomic E-state index is 12.7. The Labute approximate surface area is 169 Å². The van der Waals surface area contributed by atoms with E-state index >= 15 is 0 Å². The molecule has 29 heavy (non-hydrogen) atoms. The van der Waals surface area contributed by atoms with Crippen molar-refractivity contribution in [2.24, 2.45) is 11.7 Å². The summed E-state index contributed by atoms with van der Waals surface area (Å²) in [6.07, 6.45) is -0.0699. The van der Waals surface area contributed by atoms with Gasteiger partial charge in [0.1, 0.15) is 24.2 Å². The summed E-state index contributed by atoms with van der Waals surface area (Å²) in [4.78, 5) is 49.9. The molecule has 0 bridgehead atoms. The van der Waals surface area contributed by atoms with E-state index in [2.05, 4.69) is 10.6 Å². The maximum absolute atomic E-state index is 12.7. The first kappa shape index (κ1) is 24.8. The van der Waals surface area contributed by atoms with E-state index in [1.165, 1.54) is 6.92 Å². The minimum Gasteiger partial charge on any atom is -0.480 e. The van der Waals surface area contributed by atoms with Crippen molar-refractivity contribution in [1.29, 1.82) is 0 Å². The van der Waals surface area contributed by atoms with Crippen LogP contribution >= 0.6 is 0 Å². The third kappa shape index (κ3) is 6.94. The molecular weight excluding hydrogens is 384 g/mol. The van der Waals surface area contributed by atoms with E-state index in [1.807, 2.05) is 13.8 Å². The summed E-state index contributed by atoms with van der Waals surface area (Å²) in [7, 11) is 0. The van der Waals surface area contributed by atoms with Crippen LogP contribution in [0.1, 0.15) is 40.0 Å². The summed E-state index contributed by atoms with van der Waals surface area (Å²) in [6, 6.07) is -4.60. The third-order valence-electron chi connectivity index (χ3n) is 4.78. The lowest BCUT2D eigenvalue weighted by atomic mass is 10.0. The molecule has 7 N–H and O–H groups in total. The number of aliphatic carboxylic acids is 1. The molecule has 5 unspecified atom stereocenters. The molecule has 3 amide bonds. The lowest BCUT2D eigenvalue weighted by molar-refractivity contribution is -0.150. The summed E-state index contributed by atoms with van der Waals surface area (Å²) >= 11 is 0. The van der Waals surface area contributed by atoms with Crippen LogP contribution in [0.4, 0.5) is 0 Å². The predicted molar refractivity (Wildman–Crippen MR) is 102 cm³/mol. The van der Waals surface area contributed by atoms with Crippen LogP contribution in [0.3, 0.4) is 0 Å². The number of aliphatic hydroxyl groups is 2. The number of carbonyl (C=O) groups excluding carboxylic acids is 3. The van der Waals surface area contributed by atoms with Crippen molar-refractivity contribution in [1.82, 2.24) is 15.5 Å². The molecule has 0 saturated carbocycles. The van der Waals surface area contributed by atoms with Gasteiger partial charge in [-0.1, -0.05) is 13.8 Å². The summed E-state index contributed by atoms with van der Waals surface area (Å²) in [5, 5.41) is 33.1. The van der Waals surface area contributed by atoms with Crippen molar-refractivity contribution in [3.8, 4) is 0 Å². The number of hydrogen-bond donors (Lipinski definition) is 6. The SMILES string of the molecule is CC(C)CC(NC(=O)C(N)C(C)O)C(=O)NC(CO)C(=O)N1CCCC1C(=O)O. The Kier molecular flexibility index (Phi) is 9.47. The standard InChI is InChI=1S/C18H32N4O7/c1-9(2)7-11(20-16(26)14(19)10(3)24)15(25)21-12(8-23)17(27)22-6-4-5-13(22)18(28)29/h9-14,23-24H,4-8,19H2,1-3H3,(H,20,26)(H,21,25)(H,28,29). The van der Waals surface area contributed by atoms with Crippen LogP contribution in [0.2, 0.25) is 0 Å². The molecule has 1 rings (SSSR count). The number of nitrogens with zero attached hydrogens (tertiary/aromatic N) is 1. The minimum atomic E-state index is -1.33. The van der Waals surface area contributed by atoms with Crippen molar-refractivity contribution in [3.63, 3.8) is 0 Å². The van der Waals surface area contributed by atoms with E-state index in [0.29, 0.717) is 12.8 Å². The molecule has 1 aliphatic rings. The van der Waals surface area contributed by atoms with Crippen molar-refractivity contribution in [3.05, 3.63) is 0 Å². The average molecular weight is 416 g/mol. The van der Waals surface area contributed by atoms with Gasteiger partial charge in [-0.2, -0.15) is 0 Å². The zero-order valence-electron chi connectivity index (χ0n) is 17.0. The number of rotatable bonds is 10. The minimum absolute atomic E-state index is 0.00655. The Morgan fingerprint density at radius 2 is 1.69 bits per heavy atom. The molecule has 0 aliphatic carbocycles. The van der Waals surface area contributed by atoms with Crippen LogP contribution in [0, 0.1) is 5.92 Å². The molecular formula is C18H32N4O7. The molecule has 1 saturated heterocycles. The van der Waals surface area contributed by atoms with Gasteiger partial charge in [0.05, 0.1) is 12.7 Å². The second kappa shape index (κ2) is 11.1. The second-order valence-corrected chi connectivity index (χ2v) is 7.73. The van der Waals surface area contributed by atoms with Gasteiger partial charge in [0.15, 0.2) is 0 Å². The third-order valence-corrected chi connectivity index (χ3v) is 4.78. The number of amides is 3. The molecule has 5 atom stereocenters. The lowest BCUT2D eigenvalue weighted by Crippen LogP contribution is -2.59. The van der Waals surface area contributed by atoms with Crippen molar-refractivity contribution >= 4 is 23.7 Å². The lowest BCUT2D eigenvalue weighted by Gasteiger charge is -2.28. The van der Waals surface area contributed by atoms with Gasteiger partial charge in [-0.25, -0.2) is 4.79 Å². The molecule has 0 aromatic carbocycles. The van der Waals surface area contributed by atoms with E-state index in [4.69, 9.17) is 5.73 Å². The van der Waals surface area contributed by atoms with Crippen LogP contribution in [0.5, 0.6) is 0 Å². The monoisotopic (exact) mass is 416 g/mol. The molecule has 0 radical (unpaired) electrons. The highest BCUT2D eigenvalue weighted by molar-refractivity contribution is 5.94. The fourth-order valence-electron chi connectivity index (χ4n) is 3.14. The topological polar surface area (TPSA) is 182 Å². The summed E-state index contributed by atoms with van der Waals surface area (Å²) in [6.45, 7) is 4.51. The summed E-state index contributed by atoms with van der Waals surface area (Å²) < 4.78 is 0. The van der Waals surface area contributed by atoms with Crippen LogP contribution < -0.4 is 16.4 Å². The largest absolute Gasteiger partial charge is 0.480 e. The number of carboxylic acids is 1. The molecule has 1 heterocycles. The molecule has 11 heteroatoms. The van der Waals surface area contributed by atoms with Gasteiger partial charge in [-0.3, -0.25) is 14.4 Å². The number of aliphatic hydroxyl groups excluding tert-OH is 2. The Morgan fingerprint density at radius 1 is 1.10 bits per heavy atom. The fourth-order valence-corrected chi connectivity index (χ4v) is 3.14. The zero-order chi connectivity index (χ0) is 22.3. The Morgan fingerprint density at radius 3 is 2.17 bits per heavy atom. The molecule has 0 aromatic heterocycles. The quantitative estimate of drug-likeness (QED) is 0.231. The first-order valence-electron chi connectivity index (χ1n) is 9.68. The van der Waals surface area contributed by atoms with Gasteiger partial charge >= 0.3 is 5.97 Å². The van der Waals surface area contributed by atoms with Crippen LogP contribution in [-0.2, 0) is 19.2 Å². The highest BCUT2D eigenvalue weighted by Crippen LogP contribution is 2.18. The molecule has 166 valence electrons. The second-order valence-electron chi connectivity index (χ2n) is 7.73. The number of hydrogen-bond acceptors (Lipinski definition) is 7. The Bertz CT molecular complexity index is 611. The van der Waals surface area contributed by atoms with Gasteiger partial charge in [0, 0.05) is 6.54 Å². The summed E-state index contributed by atoms with van der Waals surface area (Å²) in [5.41, 5.74) is 5.59. The summed E-state index contributed by atoms with van der Waals surface area (Å²) in [5.74, 6) is -3.26. The molecule has 1 fully saturated rings. The van der Waals surface area contributed by atoms with Crippen molar-refractivity contribution < 1.29 is 34.5 Å². The van der Waals surface area contributed by atoms with E-state index in [0.717, 1.165) is 4.90 Å². The smallest absolute Gasteiger partial charge is 0.326 e. The van der Waals surface area contributed by atoms with E-state index < -0.39 is 60.6 Å². The maximum Gasteiger partial charge on any atom is 0.326 e. The number of carboxylic acid groups (broad SMARTS) is 1. The van der Waals surface area contributed by atoms with E-state index in [-0.39, 0.29) is 18.9 Å². The zero-order valence-corrected chi connectivity index (χ0v) is 17.0. The van der Waals surface area contributed by atoms with Gasteiger partial charge < -0.3 is 36.6 Å². The first-order chi connectivity index (χ1) is 13.5. The van der Waals surface area contributed by atoms with Gasteiger partial charge in [-0.05, 0) is 32.1 Å². The highest BCUT2D eigenvalue weighted by Gasteiger charge is 2.38. The van der Waals surface area contributed by atoms with Crippen molar-refractivity contribution in [2.75, 3.05) is 13.2 Å². The van der Waals surface area contributed by atoms with Gasteiger partial charge in [0.2, 0.25) is 17.7 Å². The van der Waals surface area contributed by atoms with Crippen LogP contribution in [-0.4, -0.2) is 87.3 Å². The van der Waals surface area contributed by atoms with E-state index in [9.17, 15) is 34.5 Å². The number of nitrogens with two attached hydrogens (primary N) is 1. The molecule has 11 nitrogen and oxygen atoms in total. The average Bonchev–Trinajstić information content (AvgIpc) is 3.13. The number of nitrogens with one attached hydrogen (secondary N) is 2. The van der Waals surface area contributed by atoms with Crippen LogP contribution in [0.25, 0.3) is 0 Å². The Balaban J connectivity index is 2.88. The first-order valence-corrected chi connectivity index (χ1v) is 9.68. The number of likely N-dealkylation sites (tertiary alicyclic amines) is 1. The molecule has 1 aliphatic heterocycles. The Hall–Kier alpha value is -2.24. The van der Waals surface area contributed by atoms with Crippen LogP contribution in [0.15, 0.2) is 0 Å². The van der Waals surface area contributed by atoms with Gasteiger partial charge in [-0.15, -0.1) is 0 Å². The predicted octanol–water partition coefficient (Wildman–Crippen LogP) is -2.22. The molecule has 0 aromatic rings. The van der Waals surface area contributed by atoms with Gasteiger partial charge in [0.25, 0.3) is 0 Å². The molecule has 0 spiro atoms. The normalized spacial score (nSPS) is 20.7. The van der Waals surface area contributed by atoms with Crippen molar-refractivity contribution in [2.45, 2.75) is 70.3 Å². The van der Waals surface area contributed by atoms with E-state index in [1.54, 1.807) is 0 Å².